The molecule has 6 rings (SSSR count). The smallest absolute Gasteiger partial charge is 0.105 e. The molecule has 0 N–H and O–H groups in total. The number of benzene rings is 1. The molecular weight excluding hydrogens is 342 g/mol. The largest absolute Gasteiger partial charge is 0.297 e. The molecule has 2 atom stereocenters. The van der Waals surface area contributed by atoms with Crippen molar-refractivity contribution in [2.75, 3.05) is 19.6 Å². The van der Waals surface area contributed by atoms with Gasteiger partial charge >= 0.3 is 0 Å². The van der Waals surface area contributed by atoms with Gasteiger partial charge < -0.3 is 0 Å². The van der Waals surface area contributed by atoms with Gasteiger partial charge in [-0.15, -0.1) is 0 Å². The molecule has 134 valence electrons. The Hall–Kier alpha value is -1.89. The highest BCUT2D eigenvalue weighted by Crippen LogP contribution is 2.30. The summed E-state index contributed by atoms with van der Waals surface area (Å²) >= 11 is 1.30. The topological polar surface area (TPSA) is 45.2 Å². The molecule has 0 unspecified atom stereocenters. The van der Waals surface area contributed by atoms with Crippen molar-refractivity contribution < 1.29 is 0 Å². The predicted molar refractivity (Wildman–Crippen MR) is 104 cm³/mol. The average molecular weight is 366 g/mol. The molecule has 6 heteroatoms. The van der Waals surface area contributed by atoms with Crippen LogP contribution in [0.3, 0.4) is 0 Å². The maximum Gasteiger partial charge on any atom is 0.105 e. The SMILES string of the molecule is c1cncc(CN2C[C@H]3CC[C@@H](C2)N(Cc2ccc4nsnc4c2)C3)c1. The Morgan fingerprint density at radius 1 is 0.962 bits per heavy atom. The van der Waals surface area contributed by atoms with E-state index in [0.29, 0.717) is 6.04 Å². The molecule has 2 bridgehead atoms. The Kier molecular flexibility index (Phi) is 4.40. The van der Waals surface area contributed by atoms with Gasteiger partial charge in [-0.3, -0.25) is 14.8 Å². The van der Waals surface area contributed by atoms with Crippen LogP contribution in [0.25, 0.3) is 11.0 Å². The van der Waals surface area contributed by atoms with Gasteiger partial charge in [0.15, 0.2) is 0 Å². The van der Waals surface area contributed by atoms with Crippen LogP contribution < -0.4 is 0 Å². The summed E-state index contributed by atoms with van der Waals surface area (Å²) in [5, 5.41) is 0. The number of rotatable bonds is 4. The zero-order chi connectivity index (χ0) is 17.3. The number of piperidine rings is 1. The molecular formula is C20H23N5S. The Morgan fingerprint density at radius 2 is 1.92 bits per heavy atom. The van der Waals surface area contributed by atoms with E-state index >= 15 is 0 Å². The van der Waals surface area contributed by atoms with E-state index in [4.69, 9.17) is 0 Å². The standard InChI is InChI=1S/C20H23N5S/c1-2-16(9-21-7-1)10-24-11-17-3-5-18(14-24)25(13-17)12-15-4-6-19-20(8-15)23-26-22-19/h1-2,4,6-9,17-18H,3,5,10-14H2/t17-,18+/m1/s1. The molecule has 5 heterocycles. The lowest BCUT2D eigenvalue weighted by molar-refractivity contribution is 0.123. The number of hydrogen-bond donors (Lipinski definition) is 0. The molecule has 3 fully saturated rings. The van der Waals surface area contributed by atoms with E-state index in [9.17, 15) is 0 Å². The maximum atomic E-state index is 4.40. The number of hydrogen-bond acceptors (Lipinski definition) is 6. The Bertz CT molecular complexity index is 880. The summed E-state index contributed by atoms with van der Waals surface area (Å²) < 4.78 is 8.71. The molecule has 0 amide bonds. The molecule has 5 nitrogen and oxygen atoms in total. The van der Waals surface area contributed by atoms with E-state index in [-0.39, 0.29) is 0 Å². The van der Waals surface area contributed by atoms with Crippen LogP contribution in [0, 0.1) is 5.92 Å². The van der Waals surface area contributed by atoms with Crippen LogP contribution in [0.15, 0.2) is 42.7 Å². The maximum absolute atomic E-state index is 4.40. The quantitative estimate of drug-likeness (QED) is 0.710. The summed E-state index contributed by atoms with van der Waals surface area (Å²) in [6.07, 6.45) is 6.53. The second kappa shape index (κ2) is 7.02. The molecule has 26 heavy (non-hydrogen) atoms. The number of nitrogens with zero attached hydrogens (tertiary/aromatic N) is 5. The van der Waals surface area contributed by atoms with E-state index in [1.807, 2.05) is 18.5 Å². The minimum Gasteiger partial charge on any atom is -0.297 e. The summed E-state index contributed by atoms with van der Waals surface area (Å²) in [4.78, 5) is 9.60. The molecule has 3 aliphatic rings. The van der Waals surface area contributed by atoms with E-state index < -0.39 is 0 Å². The molecule has 0 radical (unpaired) electrons. The lowest BCUT2D eigenvalue weighted by atomic mass is 9.94. The van der Waals surface area contributed by atoms with Crippen molar-refractivity contribution in [2.45, 2.75) is 32.0 Å². The second-order valence-electron chi connectivity index (χ2n) is 7.67. The van der Waals surface area contributed by atoms with Gasteiger partial charge in [0.25, 0.3) is 0 Å². The Balaban J connectivity index is 1.30. The third-order valence-corrected chi connectivity index (χ3v) is 6.29. The van der Waals surface area contributed by atoms with Gasteiger partial charge in [-0.2, -0.15) is 8.75 Å². The first-order valence-electron chi connectivity index (χ1n) is 9.40. The van der Waals surface area contributed by atoms with Gasteiger partial charge in [-0.1, -0.05) is 12.1 Å². The van der Waals surface area contributed by atoms with Crippen molar-refractivity contribution in [2.24, 2.45) is 5.92 Å². The average Bonchev–Trinajstić information content (AvgIpc) is 2.96. The third-order valence-electron chi connectivity index (χ3n) is 5.74. The van der Waals surface area contributed by atoms with Gasteiger partial charge in [0.05, 0.1) is 11.7 Å². The van der Waals surface area contributed by atoms with Gasteiger partial charge in [-0.25, -0.2) is 0 Å². The van der Waals surface area contributed by atoms with Gasteiger partial charge in [0.2, 0.25) is 0 Å². The summed E-state index contributed by atoms with van der Waals surface area (Å²) in [5.41, 5.74) is 4.72. The second-order valence-corrected chi connectivity index (χ2v) is 8.20. The van der Waals surface area contributed by atoms with Crippen LogP contribution in [0.2, 0.25) is 0 Å². The van der Waals surface area contributed by atoms with E-state index in [1.165, 1.54) is 48.8 Å². The summed E-state index contributed by atoms with van der Waals surface area (Å²) in [5.74, 6) is 0.773. The highest BCUT2D eigenvalue weighted by atomic mass is 32.1. The molecule has 3 saturated heterocycles. The molecule has 0 spiro atoms. The molecule has 2 aromatic heterocycles. The van der Waals surface area contributed by atoms with E-state index in [1.54, 1.807) is 0 Å². The van der Waals surface area contributed by atoms with Crippen molar-refractivity contribution in [1.29, 1.82) is 0 Å². The first-order chi connectivity index (χ1) is 12.8. The molecule has 3 aliphatic heterocycles. The monoisotopic (exact) mass is 365 g/mol. The summed E-state index contributed by atoms with van der Waals surface area (Å²) in [6, 6.07) is 11.4. The fourth-order valence-electron chi connectivity index (χ4n) is 4.51. The van der Waals surface area contributed by atoms with Crippen molar-refractivity contribution in [3.8, 4) is 0 Å². The van der Waals surface area contributed by atoms with Gasteiger partial charge in [-0.05, 0) is 48.1 Å². The summed E-state index contributed by atoms with van der Waals surface area (Å²) in [7, 11) is 0. The molecule has 1 aromatic carbocycles. The fourth-order valence-corrected chi connectivity index (χ4v) is 5.03. The lowest BCUT2D eigenvalue weighted by Crippen LogP contribution is -2.43. The van der Waals surface area contributed by atoms with Crippen LogP contribution >= 0.6 is 11.7 Å². The van der Waals surface area contributed by atoms with Crippen LogP contribution in [0.1, 0.15) is 24.0 Å². The first kappa shape index (κ1) is 16.3. The van der Waals surface area contributed by atoms with Crippen molar-refractivity contribution in [1.82, 2.24) is 23.5 Å². The predicted octanol–water partition coefficient (Wildman–Crippen LogP) is 3.18. The number of pyridine rings is 1. The molecule has 0 aliphatic carbocycles. The zero-order valence-electron chi connectivity index (χ0n) is 14.8. The van der Waals surface area contributed by atoms with E-state index in [2.05, 4.69) is 47.8 Å². The molecule has 0 saturated carbocycles. The third kappa shape index (κ3) is 3.37. The van der Waals surface area contributed by atoms with Crippen LogP contribution in [0.5, 0.6) is 0 Å². The van der Waals surface area contributed by atoms with Gasteiger partial charge in [0, 0.05) is 51.2 Å². The lowest BCUT2D eigenvalue weighted by Gasteiger charge is -2.36. The fraction of sp³-hybridized carbons (Fsp3) is 0.450. The minimum absolute atomic E-state index is 0.648. The zero-order valence-corrected chi connectivity index (χ0v) is 15.6. The first-order valence-corrected chi connectivity index (χ1v) is 10.1. The van der Waals surface area contributed by atoms with Crippen molar-refractivity contribution >= 4 is 22.8 Å². The normalized spacial score (nSPS) is 24.2. The van der Waals surface area contributed by atoms with Crippen LogP contribution in [-0.2, 0) is 13.1 Å². The van der Waals surface area contributed by atoms with Crippen LogP contribution in [0.4, 0.5) is 0 Å². The van der Waals surface area contributed by atoms with Crippen molar-refractivity contribution in [3.05, 3.63) is 53.9 Å². The van der Waals surface area contributed by atoms with Crippen LogP contribution in [-0.4, -0.2) is 49.2 Å². The Morgan fingerprint density at radius 3 is 2.85 bits per heavy atom. The highest BCUT2D eigenvalue weighted by Gasteiger charge is 2.34. The van der Waals surface area contributed by atoms with Crippen molar-refractivity contribution in [3.63, 3.8) is 0 Å². The van der Waals surface area contributed by atoms with Gasteiger partial charge in [0.1, 0.15) is 11.0 Å². The number of aromatic nitrogens is 3. The molecule has 3 aromatic rings. The van der Waals surface area contributed by atoms with E-state index in [0.717, 1.165) is 36.6 Å². The summed E-state index contributed by atoms with van der Waals surface area (Å²) in [6.45, 7) is 5.62. The minimum atomic E-state index is 0.648. The highest BCUT2D eigenvalue weighted by molar-refractivity contribution is 7.00. The Labute approximate surface area is 158 Å². The number of fused-ring (bicyclic) bond motifs is 5.